The van der Waals surface area contributed by atoms with E-state index in [4.69, 9.17) is 51.8 Å². The van der Waals surface area contributed by atoms with E-state index in [2.05, 4.69) is 84.5 Å². The van der Waals surface area contributed by atoms with Gasteiger partial charge in [-0.25, -0.2) is 63.0 Å². The van der Waals surface area contributed by atoms with E-state index in [1.54, 1.807) is 28.1 Å². The quantitative estimate of drug-likeness (QED) is 0.0106. The molecule has 7 amide bonds. The van der Waals surface area contributed by atoms with Gasteiger partial charge in [-0.1, -0.05) is 38.7 Å². The zero-order valence-electron chi connectivity index (χ0n) is 87.8. The maximum absolute atomic E-state index is 13.4. The van der Waals surface area contributed by atoms with Crippen LogP contribution in [-0.2, 0) is 87.5 Å². The minimum Gasteiger partial charge on any atom is -0.481 e. The summed E-state index contributed by atoms with van der Waals surface area (Å²) in [5.41, 5.74) is 33.0. The third-order valence-electron chi connectivity index (χ3n) is 26.4. The molecule has 38 nitrogen and oxygen atoms in total. The van der Waals surface area contributed by atoms with Crippen molar-refractivity contribution < 1.29 is 123 Å². The summed E-state index contributed by atoms with van der Waals surface area (Å²) in [6, 6.07) is 11.2. The largest absolute Gasteiger partial charge is 1.00 e. The Morgan fingerprint density at radius 2 is 0.807 bits per heavy atom. The van der Waals surface area contributed by atoms with Gasteiger partial charge in [0.2, 0.25) is 47.8 Å². The van der Waals surface area contributed by atoms with Crippen molar-refractivity contribution in [1.82, 2.24) is 23.5 Å². The van der Waals surface area contributed by atoms with Crippen LogP contribution in [0.2, 0.25) is 0 Å². The topological polar surface area (TPSA) is 551 Å². The molecule has 1 spiro atoms. The maximum atomic E-state index is 13.4. The smallest absolute Gasteiger partial charge is 0.481 e. The predicted octanol–water partition coefficient (Wildman–Crippen LogP) is 11.7. The number of nitrogens with two attached hydrogens (primary N) is 4. The summed E-state index contributed by atoms with van der Waals surface area (Å²) in [5.74, 6) is 2.99. The Kier molecular flexibility index (Phi) is 47.3. The number of rotatable bonds is 23. The van der Waals surface area contributed by atoms with Gasteiger partial charge in [0.05, 0.1) is 28.7 Å². The number of anilines is 3. The van der Waals surface area contributed by atoms with E-state index in [9.17, 15) is 63.6 Å². The molecule has 0 bridgehead atoms. The zero-order valence-corrected chi connectivity index (χ0v) is 92.2. The van der Waals surface area contributed by atoms with Gasteiger partial charge in [-0.05, 0) is 374 Å². The number of carboxylic acids is 1. The number of ether oxygens (including phenoxy) is 3. The number of aliphatic hydroxyl groups is 1. The van der Waals surface area contributed by atoms with Gasteiger partial charge in [0.1, 0.15) is 33.7 Å². The predicted molar refractivity (Wildman–Crippen MR) is 541 cm³/mol. The zero-order chi connectivity index (χ0) is 105. The second kappa shape index (κ2) is 53.6. The van der Waals surface area contributed by atoms with Crippen LogP contribution in [0.3, 0.4) is 0 Å². The van der Waals surface area contributed by atoms with E-state index in [0.717, 1.165) is 133 Å². The molecule has 10 rings (SSSR count). The molecule has 6 fully saturated rings. The Bertz CT molecular complexity index is 5270. The molecular formula is C98H159N18NaO20S3. The van der Waals surface area contributed by atoms with Crippen LogP contribution in [0.15, 0.2) is 95.7 Å². The average Bonchev–Trinajstić information content (AvgIpc) is 1.42. The van der Waals surface area contributed by atoms with E-state index >= 15 is 0 Å². The number of hydrogen-bond donors (Lipinski definition) is 9. The molecule has 0 atom stereocenters. The van der Waals surface area contributed by atoms with Crippen molar-refractivity contribution in [3.05, 3.63) is 125 Å². The van der Waals surface area contributed by atoms with Crippen molar-refractivity contribution in [1.29, 1.82) is 0 Å². The molecule has 0 radical (unpaired) electrons. The molecule has 7 aliphatic rings. The van der Waals surface area contributed by atoms with E-state index < -0.39 is 99.6 Å². The van der Waals surface area contributed by atoms with Gasteiger partial charge in [-0.3, -0.25) is 49.3 Å². The van der Waals surface area contributed by atoms with Crippen LogP contribution in [0.5, 0.6) is 0 Å². The maximum Gasteiger partial charge on any atom is 1.00 e. The number of benzene rings is 3. The van der Waals surface area contributed by atoms with Crippen LogP contribution < -0.4 is 77.9 Å². The third-order valence-corrected chi connectivity index (χ3v) is 32.1. The number of carbonyl (C=O) groups excluding carboxylic acids is 7. The van der Waals surface area contributed by atoms with Gasteiger partial charge < -0.3 is 63.3 Å². The summed E-state index contributed by atoms with van der Waals surface area (Å²) in [6.45, 7) is 43.6. The summed E-state index contributed by atoms with van der Waals surface area (Å²) >= 11 is 0. The Morgan fingerprint density at radius 1 is 0.514 bits per heavy atom. The second-order valence-corrected chi connectivity index (χ2v) is 47.2. The molecule has 780 valence electrons. The molecule has 3 aromatic rings. The van der Waals surface area contributed by atoms with Gasteiger partial charge in [0.15, 0.2) is 0 Å². The normalized spacial score (nSPS) is 19.0. The number of primary amides is 2. The number of amidine groups is 1. The SMILES string of the molecule is CC(C)=C1CCC(C(=O)NC2(C(N)=O)CCN(S(=O)(=O)CCc3c(C)cc(N(C)C(=O)OC(C)(C)C)cc3C)CC2)CC1.CC(C)=C1CCC(C(=O)O)CC1.CC(C)=C1CCC(C2=NC3(CCN(S(=O)(=O)CCc4c(C)cc(N(C)C(=O)OC(C)(C)C)cc4C)CC3)C(=O)N2)CC1.CCO.Cc1cc(N(C)C(=O)OC(C)(C)C)cc(C)c1CCS(=O)(=O)N1CCC(N)(C(N)=O)CC1.N/N=N/N=N/[N-]O.[Na+]. The van der Waals surface area contributed by atoms with Crippen LogP contribution >= 0.6 is 0 Å². The molecule has 0 unspecified atom stereocenters. The Labute approximate surface area is 853 Å². The van der Waals surface area contributed by atoms with Gasteiger partial charge in [0.25, 0.3) is 5.91 Å². The van der Waals surface area contributed by atoms with Crippen molar-refractivity contribution in [3.63, 3.8) is 0 Å². The number of aliphatic imine (C=N–C) groups is 1. The minimum absolute atomic E-state index is 0. The fourth-order valence-electron chi connectivity index (χ4n) is 17.8. The summed E-state index contributed by atoms with van der Waals surface area (Å²) in [5, 5.41) is 40.6. The van der Waals surface area contributed by atoms with Crippen LogP contribution in [0.1, 0.15) is 276 Å². The Morgan fingerprint density at radius 3 is 1.08 bits per heavy atom. The molecule has 13 N–H and O–H groups in total. The standard InChI is InChI=1S/C32H50N4O6S.C32H48N4O5S.C22H36N4O5S.C10H16O2.C2H6O.H3N6O.Na/c1-21(2)24-9-11-25(12-10-24)28(37)34-32(29(33)38)14-16-36(17-15-32)43(40,41)18-13-27-22(3)19-26(20-23(27)4)35(8)30(39)42-31(5,6)7;1-21(2)24-9-11-25(12-10-24)28-33-29(37)32(34-28)14-16-36(17-15-32)42(39,40)18-13-27-22(3)19-26(20-23(27)4)35(8)30(38)41-31(5,6)7;1-15-13-17(25(6)20(28)31-21(3,4)5)14-16(2)18(15)7-12-32(29,30)26-10-8-22(24,9-11-26)19(23)27;1-7(2)8-3-5-9(6-4-8)10(11)12;1-2-3;1-2-3-4-5-6-7;/h19-20,25H,9-18H2,1-8H3,(H2,33,38)(H,34,37);19-20,25H,9-18H2,1-8H3,(H,33,34,37);13-14H,7-12,24H2,1-6H3,(H2,23,27);9H,3-6H2,1-2H3,(H,11,12);3H,2H2,1H3;(H3-,1,2,3,4,5,6,7);/q;;;;;-1;+1. The van der Waals surface area contributed by atoms with Gasteiger partial charge in [-0.2, -0.15) is 0 Å². The molecule has 140 heavy (non-hydrogen) atoms. The molecule has 3 saturated carbocycles. The summed E-state index contributed by atoms with van der Waals surface area (Å²) in [6.07, 6.45) is 12.1. The fourth-order valence-corrected chi connectivity index (χ4v) is 22.2. The van der Waals surface area contributed by atoms with E-state index in [1.807, 2.05) is 140 Å². The van der Waals surface area contributed by atoms with E-state index in [-0.39, 0.29) is 148 Å². The summed E-state index contributed by atoms with van der Waals surface area (Å²) in [4.78, 5) is 108. The molecule has 4 heterocycles. The molecule has 3 aromatic carbocycles. The van der Waals surface area contributed by atoms with Crippen LogP contribution in [0.25, 0.3) is 5.59 Å². The van der Waals surface area contributed by atoms with Crippen molar-refractivity contribution in [2.45, 2.75) is 321 Å². The number of carbonyl (C=O) groups is 8. The van der Waals surface area contributed by atoms with E-state index in [0.29, 0.717) is 49.2 Å². The van der Waals surface area contributed by atoms with Crippen molar-refractivity contribution in [2.24, 2.45) is 66.7 Å². The van der Waals surface area contributed by atoms with E-state index in [1.165, 1.54) is 61.1 Å². The Balaban J connectivity index is 0.000000395. The molecule has 3 saturated heterocycles. The fraction of sp³-hybridized carbons (Fsp3) is 0.663. The monoisotopic (exact) mass is 2030 g/mol. The van der Waals surface area contributed by atoms with Crippen molar-refractivity contribution >= 4 is 101 Å². The first-order chi connectivity index (χ1) is 64.4. The minimum atomic E-state index is -3.64. The number of piperidine rings is 3. The van der Waals surface area contributed by atoms with Crippen LogP contribution in [-0.4, -0.2) is 225 Å². The number of sulfonamides is 3. The third kappa shape index (κ3) is 36.8. The number of allylic oxidation sites excluding steroid dienone is 6. The summed E-state index contributed by atoms with van der Waals surface area (Å²) in [7, 11) is -5.71. The van der Waals surface area contributed by atoms with Crippen LogP contribution in [0, 0.1) is 59.3 Å². The Hall–Kier alpha value is -8.88. The second-order valence-electron chi connectivity index (χ2n) is 40.9. The number of nitrogens with one attached hydrogen (secondary N) is 2. The molecule has 42 heteroatoms. The summed E-state index contributed by atoms with van der Waals surface area (Å²) < 4.78 is 99.9. The number of aliphatic carboxylic acids is 1. The molecule has 0 aromatic heterocycles. The first-order valence-corrected chi connectivity index (χ1v) is 52.6. The molecule has 3 aliphatic carbocycles. The number of aliphatic hydroxyl groups excluding tert-OH is 1. The van der Waals surface area contributed by atoms with Crippen molar-refractivity contribution in [2.75, 3.05) is 99.0 Å². The van der Waals surface area contributed by atoms with Crippen molar-refractivity contribution in [3.8, 4) is 0 Å². The molecule has 4 aliphatic heterocycles. The first kappa shape index (κ1) is 123. The number of hydrogen-bond acceptors (Lipinski definition) is 23. The number of nitrogens with zero attached hydrogens (tertiary/aromatic N) is 12. The number of amides is 7. The van der Waals surface area contributed by atoms with Crippen LogP contribution in [0.4, 0.5) is 31.4 Å². The number of aryl methyl sites for hydroxylation is 6. The average molecular weight is 2030 g/mol. The first-order valence-electron chi connectivity index (χ1n) is 47.8. The molecular weight excluding hydrogens is 1870 g/mol. The number of carboxylic acid groups (broad SMARTS) is 1. The van der Waals surface area contributed by atoms with Gasteiger partial charge in [0, 0.05) is 95.9 Å². The van der Waals surface area contributed by atoms with Gasteiger partial charge >= 0.3 is 53.8 Å². The van der Waals surface area contributed by atoms with Gasteiger partial charge in [-0.15, -0.1) is 5.22 Å².